The maximum Gasteiger partial charge on any atom is 0.417 e. The van der Waals surface area contributed by atoms with Crippen LogP contribution in [0.2, 0.25) is 0 Å². The molecule has 8 nitrogen and oxygen atoms in total. The van der Waals surface area contributed by atoms with E-state index in [1.165, 1.54) is 14.0 Å². The summed E-state index contributed by atoms with van der Waals surface area (Å²) in [6.45, 7) is 2.42. The van der Waals surface area contributed by atoms with Crippen molar-refractivity contribution in [2.45, 2.75) is 31.0 Å². The van der Waals surface area contributed by atoms with Gasteiger partial charge in [-0.1, -0.05) is 24.3 Å². The highest BCUT2D eigenvalue weighted by Gasteiger charge is 2.38. The second kappa shape index (κ2) is 10.7. The van der Waals surface area contributed by atoms with E-state index < -0.39 is 51.1 Å². The topological polar surface area (TPSA) is 105 Å². The molecule has 12 heteroatoms. The molecule has 0 aliphatic rings. The summed E-state index contributed by atoms with van der Waals surface area (Å²) in [5, 5.41) is 2.60. The number of ether oxygens (including phenoxy) is 1. The van der Waals surface area contributed by atoms with Crippen LogP contribution in [0.4, 0.5) is 18.9 Å². The van der Waals surface area contributed by atoms with E-state index in [1.807, 2.05) is 4.72 Å². The van der Waals surface area contributed by atoms with E-state index in [-0.39, 0.29) is 6.54 Å². The molecular formula is C21H24F3N3O5S. The Kier molecular flexibility index (Phi) is 8.45. The molecule has 0 fully saturated rings. The number of amides is 2. The lowest BCUT2D eigenvalue weighted by molar-refractivity contribution is -0.139. The quantitative estimate of drug-likeness (QED) is 0.566. The van der Waals surface area contributed by atoms with Crippen LogP contribution in [-0.4, -0.2) is 51.4 Å². The first-order valence-electron chi connectivity index (χ1n) is 9.81. The zero-order chi connectivity index (χ0) is 24.8. The Labute approximate surface area is 189 Å². The van der Waals surface area contributed by atoms with E-state index in [1.54, 1.807) is 31.2 Å². The lowest BCUT2D eigenvalue weighted by Crippen LogP contribution is -2.49. The molecule has 0 aliphatic heterocycles. The Hall–Kier alpha value is -3.12. The first-order chi connectivity index (χ1) is 15.4. The van der Waals surface area contributed by atoms with Gasteiger partial charge < -0.3 is 15.0 Å². The summed E-state index contributed by atoms with van der Waals surface area (Å²) in [4.78, 5) is 25.2. The van der Waals surface area contributed by atoms with Gasteiger partial charge in [0.25, 0.3) is 0 Å². The molecule has 2 rings (SSSR count). The van der Waals surface area contributed by atoms with Crippen LogP contribution < -0.4 is 14.8 Å². The van der Waals surface area contributed by atoms with Gasteiger partial charge in [0.15, 0.2) is 0 Å². The molecule has 180 valence electrons. The largest absolute Gasteiger partial charge is 0.495 e. The van der Waals surface area contributed by atoms with Crippen LogP contribution in [0.3, 0.4) is 0 Å². The van der Waals surface area contributed by atoms with Crippen LogP contribution in [-0.2, 0) is 25.8 Å². The summed E-state index contributed by atoms with van der Waals surface area (Å²) in [7, 11) is -3.25. The second-order valence-electron chi connectivity index (χ2n) is 6.94. The third-order valence-corrected chi connectivity index (χ3v) is 6.19. The molecule has 2 amide bonds. The molecular weight excluding hydrogens is 463 g/mol. The van der Waals surface area contributed by atoms with Crippen LogP contribution >= 0.6 is 0 Å². The van der Waals surface area contributed by atoms with Gasteiger partial charge in [-0.3, -0.25) is 9.59 Å². The summed E-state index contributed by atoms with van der Waals surface area (Å²) in [5.41, 5.74) is -0.966. The number of nitrogens with zero attached hydrogens (tertiary/aromatic N) is 1. The number of carbonyl (C=O) groups excluding carboxylic acids is 2. The lowest BCUT2D eigenvalue weighted by atomic mass is 10.2. The zero-order valence-electron chi connectivity index (χ0n) is 18.1. The number of para-hydroxylation sites is 2. The smallest absolute Gasteiger partial charge is 0.417 e. The molecule has 0 heterocycles. The average molecular weight is 488 g/mol. The third kappa shape index (κ3) is 6.68. The minimum Gasteiger partial charge on any atom is -0.495 e. The SMILES string of the molecule is CCN(CC(=O)Nc1ccccc1OC)C(=O)[C@H](C)NS(=O)(=O)c1ccccc1C(F)(F)F. The highest BCUT2D eigenvalue weighted by atomic mass is 32.2. The summed E-state index contributed by atoms with van der Waals surface area (Å²) in [5.74, 6) is -0.933. The van der Waals surface area contributed by atoms with Crippen molar-refractivity contribution in [1.82, 2.24) is 9.62 Å². The summed E-state index contributed by atoms with van der Waals surface area (Å²) < 4.78 is 71.9. The molecule has 0 saturated heterocycles. The molecule has 33 heavy (non-hydrogen) atoms. The van der Waals surface area contributed by atoms with Crippen molar-refractivity contribution in [3.05, 3.63) is 54.1 Å². The third-order valence-electron chi connectivity index (χ3n) is 4.59. The molecule has 0 spiro atoms. The number of hydrogen-bond donors (Lipinski definition) is 2. The van der Waals surface area contributed by atoms with Gasteiger partial charge in [0, 0.05) is 6.54 Å². The number of sulfonamides is 1. The number of rotatable bonds is 9. The Morgan fingerprint density at radius 3 is 2.30 bits per heavy atom. The van der Waals surface area contributed by atoms with Crippen LogP contribution in [0.25, 0.3) is 0 Å². The van der Waals surface area contributed by atoms with Crippen molar-refractivity contribution in [2.24, 2.45) is 0 Å². The maximum atomic E-state index is 13.2. The molecule has 0 bridgehead atoms. The number of nitrogens with one attached hydrogen (secondary N) is 2. The molecule has 0 saturated carbocycles. The number of benzene rings is 2. The second-order valence-corrected chi connectivity index (χ2v) is 8.62. The summed E-state index contributed by atoms with van der Waals surface area (Å²) >= 11 is 0. The van der Waals surface area contributed by atoms with Crippen molar-refractivity contribution >= 4 is 27.5 Å². The molecule has 1 atom stereocenters. The normalized spacial score (nSPS) is 12.7. The van der Waals surface area contributed by atoms with Crippen LogP contribution in [0.1, 0.15) is 19.4 Å². The van der Waals surface area contributed by atoms with Gasteiger partial charge in [0.1, 0.15) is 5.75 Å². The van der Waals surface area contributed by atoms with Crippen molar-refractivity contribution in [3.63, 3.8) is 0 Å². The fraction of sp³-hybridized carbons (Fsp3) is 0.333. The Morgan fingerprint density at radius 2 is 1.70 bits per heavy atom. The number of methoxy groups -OCH3 is 1. The average Bonchev–Trinajstić information content (AvgIpc) is 2.76. The van der Waals surface area contributed by atoms with E-state index in [0.29, 0.717) is 17.5 Å². The number of alkyl halides is 3. The van der Waals surface area contributed by atoms with E-state index in [0.717, 1.165) is 23.1 Å². The number of anilines is 1. The van der Waals surface area contributed by atoms with Gasteiger partial charge in [0.05, 0.1) is 35.8 Å². The van der Waals surface area contributed by atoms with E-state index in [9.17, 15) is 31.2 Å². The van der Waals surface area contributed by atoms with Gasteiger partial charge >= 0.3 is 6.18 Å². The molecule has 0 unspecified atom stereocenters. The Bertz CT molecular complexity index is 1110. The first kappa shape index (κ1) is 26.1. The van der Waals surface area contributed by atoms with Crippen molar-refractivity contribution in [2.75, 3.05) is 25.5 Å². The standard InChI is InChI=1S/C21H24F3N3O5S/c1-4-27(13-19(28)25-16-10-6-7-11-17(16)32-3)20(29)14(2)26-33(30,31)18-12-8-5-9-15(18)21(22,23)24/h5-12,14,26H,4,13H2,1-3H3,(H,25,28)/t14-/m0/s1. The minimum atomic E-state index is -4.90. The zero-order valence-corrected chi connectivity index (χ0v) is 19.0. The minimum absolute atomic E-state index is 0.0589. The van der Waals surface area contributed by atoms with Crippen LogP contribution in [0.15, 0.2) is 53.4 Å². The van der Waals surface area contributed by atoms with Gasteiger partial charge in [-0.15, -0.1) is 0 Å². The van der Waals surface area contributed by atoms with Crippen LogP contribution in [0, 0.1) is 0 Å². The van der Waals surface area contributed by atoms with Gasteiger partial charge in [0.2, 0.25) is 21.8 Å². The molecule has 0 aromatic heterocycles. The number of hydrogen-bond acceptors (Lipinski definition) is 5. The van der Waals surface area contributed by atoms with Crippen LogP contribution in [0.5, 0.6) is 5.75 Å². The number of likely N-dealkylation sites (N-methyl/N-ethyl adjacent to an activating group) is 1. The van der Waals surface area contributed by atoms with Crippen molar-refractivity contribution in [1.29, 1.82) is 0 Å². The number of halogens is 3. The van der Waals surface area contributed by atoms with Gasteiger partial charge in [-0.2, -0.15) is 17.9 Å². The summed E-state index contributed by atoms with van der Waals surface area (Å²) in [6.07, 6.45) is -4.90. The predicted octanol–water partition coefficient (Wildman–Crippen LogP) is 2.87. The van der Waals surface area contributed by atoms with Crippen molar-refractivity contribution in [3.8, 4) is 5.75 Å². The molecule has 2 aromatic rings. The van der Waals surface area contributed by atoms with E-state index >= 15 is 0 Å². The molecule has 2 N–H and O–H groups in total. The maximum absolute atomic E-state index is 13.2. The van der Waals surface area contributed by atoms with Gasteiger partial charge in [-0.05, 0) is 38.1 Å². The molecule has 2 aromatic carbocycles. The summed E-state index contributed by atoms with van der Waals surface area (Å²) in [6, 6.07) is 8.86. The van der Waals surface area contributed by atoms with E-state index in [2.05, 4.69) is 5.32 Å². The fourth-order valence-electron chi connectivity index (χ4n) is 3.01. The monoisotopic (exact) mass is 487 g/mol. The highest BCUT2D eigenvalue weighted by molar-refractivity contribution is 7.89. The van der Waals surface area contributed by atoms with Crippen molar-refractivity contribution < 1.29 is 35.9 Å². The molecule has 0 radical (unpaired) electrons. The predicted molar refractivity (Wildman–Crippen MR) is 115 cm³/mol. The Balaban J connectivity index is 2.13. The van der Waals surface area contributed by atoms with E-state index in [4.69, 9.17) is 4.74 Å². The number of carbonyl (C=O) groups is 2. The Morgan fingerprint density at radius 1 is 1.09 bits per heavy atom. The van der Waals surface area contributed by atoms with Gasteiger partial charge in [-0.25, -0.2) is 8.42 Å². The fourth-order valence-corrected chi connectivity index (χ4v) is 4.44. The highest BCUT2D eigenvalue weighted by Crippen LogP contribution is 2.34. The lowest BCUT2D eigenvalue weighted by Gasteiger charge is -2.25. The first-order valence-corrected chi connectivity index (χ1v) is 11.3. The molecule has 0 aliphatic carbocycles.